The highest BCUT2D eigenvalue weighted by molar-refractivity contribution is 5.89. The highest BCUT2D eigenvalue weighted by Crippen LogP contribution is 2.51. The normalized spacial score (nSPS) is 30.3. The first-order valence-corrected chi connectivity index (χ1v) is 12.6. The lowest BCUT2D eigenvalue weighted by Gasteiger charge is -2.47. The molecule has 2 aromatic rings. The Hall–Kier alpha value is -2.17. The van der Waals surface area contributed by atoms with Crippen molar-refractivity contribution >= 4 is 5.97 Å². The van der Waals surface area contributed by atoms with Crippen molar-refractivity contribution in [3.05, 3.63) is 71.3 Å². The van der Waals surface area contributed by atoms with Crippen molar-refractivity contribution in [2.45, 2.75) is 89.5 Å². The molecule has 2 fully saturated rings. The van der Waals surface area contributed by atoms with Crippen molar-refractivity contribution in [3.63, 3.8) is 0 Å². The number of benzene rings is 2. The predicted octanol–water partition coefficient (Wildman–Crippen LogP) is 6.60. The van der Waals surface area contributed by atoms with Crippen molar-refractivity contribution in [2.24, 2.45) is 11.8 Å². The molecule has 4 nitrogen and oxygen atoms in total. The molecular weight excluding hydrogens is 410 g/mol. The van der Waals surface area contributed by atoms with Crippen molar-refractivity contribution in [1.29, 1.82) is 0 Å². The van der Waals surface area contributed by atoms with Crippen LogP contribution >= 0.6 is 0 Å². The van der Waals surface area contributed by atoms with Crippen LogP contribution in [-0.4, -0.2) is 23.2 Å². The number of carbonyl (C=O) groups excluding carboxylic acids is 1. The summed E-state index contributed by atoms with van der Waals surface area (Å²) in [5.74, 6) is 1.04. The highest BCUT2D eigenvalue weighted by Gasteiger charge is 2.52. The van der Waals surface area contributed by atoms with Gasteiger partial charge in [-0.1, -0.05) is 68.1 Å². The molecule has 0 aromatic heterocycles. The van der Waals surface area contributed by atoms with E-state index in [-0.39, 0.29) is 29.3 Å². The van der Waals surface area contributed by atoms with E-state index < -0.39 is 0 Å². The molecule has 4 heteroatoms. The number of hydrogen-bond donors (Lipinski definition) is 0. The summed E-state index contributed by atoms with van der Waals surface area (Å²) in [4.78, 5) is 19.9. The van der Waals surface area contributed by atoms with Crippen molar-refractivity contribution in [3.8, 4) is 0 Å². The van der Waals surface area contributed by atoms with Gasteiger partial charge in [-0.2, -0.15) is 5.06 Å². The molecule has 1 heterocycles. The SMILES string of the molecule is CC1(C)c2ccccc2C(C)(C)N1O[C@H]1C[C@H]2CCCC[C@@H]2C[C@@H]1OC(=O)c1ccccc1. The van der Waals surface area contributed by atoms with Crippen LogP contribution in [0.2, 0.25) is 0 Å². The quantitative estimate of drug-likeness (QED) is 0.495. The largest absolute Gasteiger partial charge is 0.456 e. The topological polar surface area (TPSA) is 38.8 Å². The average Bonchev–Trinajstić information content (AvgIpc) is 2.97. The molecular formula is C29H37NO3. The molecule has 0 saturated heterocycles. The molecule has 0 radical (unpaired) electrons. The molecule has 2 saturated carbocycles. The van der Waals surface area contributed by atoms with Crippen molar-refractivity contribution in [2.75, 3.05) is 0 Å². The van der Waals surface area contributed by atoms with Gasteiger partial charge < -0.3 is 4.74 Å². The average molecular weight is 448 g/mol. The standard InChI is InChI=1S/C29H37NO3/c1-28(2)23-16-10-11-17-24(23)29(3,4)30(28)33-26-19-22-15-9-8-14-21(22)18-25(26)32-27(31)20-12-6-5-7-13-20/h5-7,10-13,16-17,21-22,25-26H,8-9,14-15,18-19H2,1-4H3/t21-,22-,25+,26+/m1/s1. The molecule has 2 aliphatic carbocycles. The highest BCUT2D eigenvalue weighted by atomic mass is 16.7. The van der Waals surface area contributed by atoms with Crippen LogP contribution in [0.25, 0.3) is 0 Å². The lowest BCUT2D eigenvalue weighted by Crippen LogP contribution is -2.52. The summed E-state index contributed by atoms with van der Waals surface area (Å²) in [7, 11) is 0. The lowest BCUT2D eigenvalue weighted by molar-refractivity contribution is -0.310. The van der Waals surface area contributed by atoms with Crippen molar-refractivity contribution in [1.82, 2.24) is 5.06 Å². The third kappa shape index (κ3) is 4.02. The van der Waals surface area contributed by atoms with Gasteiger partial charge in [0.25, 0.3) is 0 Å². The molecule has 1 aliphatic heterocycles. The Morgan fingerprint density at radius 3 is 1.88 bits per heavy atom. The van der Waals surface area contributed by atoms with Gasteiger partial charge in [-0.15, -0.1) is 0 Å². The second kappa shape index (κ2) is 8.56. The summed E-state index contributed by atoms with van der Waals surface area (Å²) >= 11 is 0. The minimum Gasteiger partial charge on any atom is -0.456 e. The molecule has 3 aliphatic rings. The molecule has 176 valence electrons. The Kier molecular flexibility index (Phi) is 5.86. The number of hydroxylamine groups is 2. The minimum absolute atomic E-state index is 0.134. The Balaban J connectivity index is 1.42. The Morgan fingerprint density at radius 1 is 0.788 bits per heavy atom. The number of rotatable bonds is 4. The van der Waals surface area contributed by atoms with Crippen LogP contribution < -0.4 is 0 Å². The van der Waals surface area contributed by atoms with E-state index in [1.165, 1.54) is 36.8 Å². The Labute approximate surface area is 198 Å². The molecule has 2 aromatic carbocycles. The fraction of sp³-hybridized carbons (Fsp3) is 0.552. The summed E-state index contributed by atoms with van der Waals surface area (Å²) in [6.45, 7) is 8.94. The molecule has 0 N–H and O–H groups in total. The summed E-state index contributed by atoms with van der Waals surface area (Å²) in [5.41, 5.74) is 2.68. The number of fused-ring (bicyclic) bond motifs is 2. The van der Waals surface area contributed by atoms with Crippen LogP contribution in [0.4, 0.5) is 0 Å². The third-order valence-corrected chi connectivity index (χ3v) is 8.32. The maximum atomic E-state index is 13.0. The van der Waals surface area contributed by atoms with Crippen LogP contribution in [0.5, 0.6) is 0 Å². The van der Waals surface area contributed by atoms with E-state index in [0.29, 0.717) is 17.4 Å². The van der Waals surface area contributed by atoms with Gasteiger partial charge in [0.15, 0.2) is 0 Å². The van der Waals surface area contributed by atoms with Crippen LogP contribution in [0.1, 0.15) is 87.7 Å². The maximum Gasteiger partial charge on any atom is 0.338 e. The lowest BCUT2D eigenvalue weighted by atomic mass is 9.69. The first kappa shape index (κ1) is 22.6. The zero-order valence-corrected chi connectivity index (χ0v) is 20.4. The van der Waals surface area contributed by atoms with E-state index >= 15 is 0 Å². The summed E-state index contributed by atoms with van der Waals surface area (Å²) in [6, 6.07) is 18.0. The first-order valence-electron chi connectivity index (χ1n) is 12.6. The minimum atomic E-state index is -0.266. The summed E-state index contributed by atoms with van der Waals surface area (Å²) in [5, 5.41) is 2.18. The molecule has 0 bridgehead atoms. The monoisotopic (exact) mass is 447 g/mol. The maximum absolute atomic E-state index is 13.0. The fourth-order valence-electron chi connectivity index (χ4n) is 6.69. The van der Waals surface area contributed by atoms with Gasteiger partial charge in [0.1, 0.15) is 12.2 Å². The zero-order valence-electron chi connectivity index (χ0n) is 20.4. The van der Waals surface area contributed by atoms with Gasteiger partial charge in [-0.25, -0.2) is 4.79 Å². The molecule has 33 heavy (non-hydrogen) atoms. The van der Waals surface area contributed by atoms with E-state index in [1.54, 1.807) is 0 Å². The smallest absolute Gasteiger partial charge is 0.338 e. The molecule has 5 rings (SSSR count). The Bertz CT molecular complexity index is 964. The van der Waals surface area contributed by atoms with Gasteiger partial charge in [0.05, 0.1) is 16.6 Å². The predicted molar refractivity (Wildman–Crippen MR) is 130 cm³/mol. The number of ether oxygens (including phenoxy) is 1. The molecule has 4 atom stereocenters. The van der Waals surface area contributed by atoms with Crippen LogP contribution in [0, 0.1) is 11.8 Å². The van der Waals surface area contributed by atoms with Gasteiger partial charge >= 0.3 is 5.97 Å². The van der Waals surface area contributed by atoms with Gasteiger partial charge in [0.2, 0.25) is 0 Å². The number of nitrogens with zero attached hydrogens (tertiary/aromatic N) is 1. The number of hydrogen-bond acceptors (Lipinski definition) is 4. The summed E-state index contributed by atoms with van der Waals surface area (Å²) < 4.78 is 6.17. The second-order valence-corrected chi connectivity index (χ2v) is 11.2. The molecule has 0 amide bonds. The van der Waals surface area contributed by atoms with Crippen LogP contribution in [0.3, 0.4) is 0 Å². The second-order valence-electron chi connectivity index (χ2n) is 11.2. The molecule has 0 unspecified atom stereocenters. The summed E-state index contributed by atoms with van der Waals surface area (Å²) in [6.07, 6.45) is 6.57. The van der Waals surface area contributed by atoms with E-state index in [9.17, 15) is 4.79 Å². The van der Waals surface area contributed by atoms with Crippen LogP contribution in [0.15, 0.2) is 54.6 Å². The fourth-order valence-corrected chi connectivity index (χ4v) is 6.69. The van der Waals surface area contributed by atoms with Gasteiger partial charge in [-0.05, 0) is 75.6 Å². The van der Waals surface area contributed by atoms with Crippen molar-refractivity contribution < 1.29 is 14.4 Å². The third-order valence-electron chi connectivity index (χ3n) is 8.32. The van der Waals surface area contributed by atoms with Gasteiger partial charge in [0, 0.05) is 0 Å². The van der Waals surface area contributed by atoms with Gasteiger partial charge in [-0.3, -0.25) is 4.84 Å². The molecule has 0 spiro atoms. The van der Waals surface area contributed by atoms with Crippen LogP contribution in [-0.2, 0) is 20.7 Å². The van der Waals surface area contributed by atoms with E-state index in [4.69, 9.17) is 9.57 Å². The number of carbonyl (C=O) groups is 1. The zero-order chi connectivity index (χ0) is 23.2. The number of esters is 1. The Morgan fingerprint density at radius 2 is 1.30 bits per heavy atom. The van der Waals surface area contributed by atoms with E-state index in [0.717, 1.165) is 12.8 Å². The van der Waals surface area contributed by atoms with E-state index in [2.05, 4.69) is 57.0 Å². The van der Waals surface area contributed by atoms with E-state index in [1.807, 2.05) is 30.3 Å². The first-order chi connectivity index (χ1) is 15.8.